The largest absolute Gasteiger partial charge is 0.501 e. The molecule has 0 aromatic heterocycles. The number of hydrogen-bond donors (Lipinski definition) is 0. The van der Waals surface area contributed by atoms with E-state index in [2.05, 4.69) is 0 Å². The molecule has 1 aromatic carbocycles. The zero-order chi connectivity index (χ0) is 17.9. The molecule has 0 radical (unpaired) electrons. The van der Waals surface area contributed by atoms with Gasteiger partial charge in [-0.2, -0.15) is 0 Å². The zero-order valence-corrected chi connectivity index (χ0v) is 14.9. The molecule has 24 heavy (non-hydrogen) atoms. The van der Waals surface area contributed by atoms with E-state index in [0.29, 0.717) is 16.8 Å². The second-order valence-electron chi connectivity index (χ2n) is 7.80. The molecule has 0 atom stereocenters. The third kappa shape index (κ3) is 2.61. The Kier molecular flexibility index (Phi) is 3.59. The van der Waals surface area contributed by atoms with Gasteiger partial charge in [0.1, 0.15) is 11.4 Å². The Balaban J connectivity index is 2.10. The molecule has 2 aliphatic rings. The summed E-state index contributed by atoms with van der Waals surface area (Å²) in [6.45, 7) is 11.5. The Morgan fingerprint density at radius 3 is 2.17 bits per heavy atom. The third-order valence-corrected chi connectivity index (χ3v) is 4.92. The van der Waals surface area contributed by atoms with Gasteiger partial charge in [-0.15, -0.1) is 0 Å². The monoisotopic (exact) mass is 331 g/mol. The lowest BCUT2D eigenvalue weighted by atomic mass is 9.76. The van der Waals surface area contributed by atoms with Crippen molar-refractivity contribution in [2.75, 3.05) is 0 Å². The van der Waals surface area contributed by atoms with Crippen molar-refractivity contribution in [1.29, 1.82) is 0 Å². The van der Waals surface area contributed by atoms with Crippen molar-refractivity contribution in [2.24, 2.45) is 0 Å². The molecule has 1 aromatic rings. The highest BCUT2D eigenvalue weighted by Gasteiger charge is 2.53. The molecule has 7 heteroatoms. The summed E-state index contributed by atoms with van der Waals surface area (Å²) in [4.78, 5) is 11.3. The van der Waals surface area contributed by atoms with Gasteiger partial charge in [0, 0.05) is 0 Å². The fourth-order valence-corrected chi connectivity index (χ4v) is 2.82. The van der Waals surface area contributed by atoms with Gasteiger partial charge in [-0.25, -0.2) is 0 Å². The van der Waals surface area contributed by atoms with Crippen LogP contribution in [-0.2, 0) is 9.31 Å². The number of rotatable bonds is 2. The molecule has 0 amide bonds. The quantitative estimate of drug-likeness (QED) is 0.473. The highest BCUT2D eigenvalue weighted by atomic mass is 16.7. The number of nitro groups is 1. The summed E-state index contributed by atoms with van der Waals surface area (Å²) >= 11 is 0. The zero-order valence-electron chi connectivity index (χ0n) is 14.9. The smallest absolute Gasteiger partial charge is 0.483 e. The van der Waals surface area contributed by atoms with Crippen LogP contribution in [0.25, 0.3) is 6.08 Å². The Morgan fingerprint density at radius 2 is 1.62 bits per heavy atom. The molecule has 3 rings (SSSR count). The van der Waals surface area contributed by atoms with E-state index < -0.39 is 28.8 Å². The van der Waals surface area contributed by atoms with Crippen LogP contribution in [0.15, 0.2) is 18.2 Å². The predicted molar refractivity (Wildman–Crippen MR) is 92.6 cm³/mol. The molecular weight excluding hydrogens is 309 g/mol. The molecular formula is C17H22BNO5. The van der Waals surface area contributed by atoms with Crippen molar-refractivity contribution in [3.63, 3.8) is 0 Å². The minimum absolute atomic E-state index is 0.0299. The first kappa shape index (κ1) is 17.0. The molecule has 128 valence electrons. The van der Waals surface area contributed by atoms with Crippen LogP contribution in [0, 0.1) is 10.1 Å². The lowest BCUT2D eigenvalue weighted by Gasteiger charge is -2.32. The SMILES string of the molecule is CC1(C)C=Cc2c(ccc(B3OC(C)(C)C(C)(C)O3)c2[N+](=O)[O-])O1. The van der Waals surface area contributed by atoms with Crippen LogP contribution in [-0.4, -0.2) is 28.8 Å². The Morgan fingerprint density at radius 1 is 1.04 bits per heavy atom. The Bertz CT molecular complexity index is 723. The average molecular weight is 331 g/mol. The second-order valence-corrected chi connectivity index (χ2v) is 7.80. The van der Waals surface area contributed by atoms with E-state index in [1.165, 1.54) is 0 Å². The summed E-state index contributed by atoms with van der Waals surface area (Å²) < 4.78 is 17.8. The van der Waals surface area contributed by atoms with Crippen LogP contribution >= 0.6 is 0 Å². The lowest BCUT2D eigenvalue weighted by molar-refractivity contribution is -0.384. The molecule has 2 heterocycles. The molecule has 0 aliphatic carbocycles. The van der Waals surface area contributed by atoms with Crippen molar-refractivity contribution in [2.45, 2.75) is 58.3 Å². The van der Waals surface area contributed by atoms with Gasteiger partial charge in [-0.05, 0) is 59.8 Å². The fraction of sp³-hybridized carbons (Fsp3) is 0.529. The lowest BCUT2D eigenvalue weighted by Crippen LogP contribution is -2.41. The van der Waals surface area contributed by atoms with Crippen LogP contribution in [0.5, 0.6) is 5.75 Å². The van der Waals surface area contributed by atoms with Crippen LogP contribution in [0.1, 0.15) is 47.1 Å². The summed E-state index contributed by atoms with van der Waals surface area (Å²) in [5.41, 5.74) is -0.784. The number of benzene rings is 1. The maximum atomic E-state index is 11.7. The van der Waals surface area contributed by atoms with Crippen molar-refractivity contribution in [3.8, 4) is 5.75 Å². The van der Waals surface area contributed by atoms with Gasteiger partial charge in [0.15, 0.2) is 0 Å². The van der Waals surface area contributed by atoms with Gasteiger partial charge < -0.3 is 14.0 Å². The normalized spacial score (nSPS) is 22.8. The van der Waals surface area contributed by atoms with Crippen molar-refractivity contribution in [3.05, 3.63) is 33.9 Å². The summed E-state index contributed by atoms with van der Waals surface area (Å²) in [5, 5.41) is 11.7. The molecule has 0 saturated carbocycles. The Hall–Kier alpha value is -1.86. The maximum Gasteiger partial charge on any atom is 0.501 e. The first-order valence-electron chi connectivity index (χ1n) is 7.99. The fourth-order valence-electron chi connectivity index (χ4n) is 2.82. The van der Waals surface area contributed by atoms with E-state index >= 15 is 0 Å². The summed E-state index contributed by atoms with van der Waals surface area (Å²) in [6, 6.07) is 3.41. The van der Waals surface area contributed by atoms with Gasteiger partial charge in [0.25, 0.3) is 5.69 Å². The van der Waals surface area contributed by atoms with Gasteiger partial charge in [-0.3, -0.25) is 10.1 Å². The highest BCUT2D eigenvalue weighted by molar-refractivity contribution is 6.63. The number of nitrogens with zero attached hydrogens (tertiary/aromatic N) is 1. The van der Waals surface area contributed by atoms with E-state index in [0.717, 1.165) is 0 Å². The van der Waals surface area contributed by atoms with Gasteiger partial charge in [0.05, 0.1) is 27.2 Å². The van der Waals surface area contributed by atoms with E-state index in [-0.39, 0.29) is 5.69 Å². The third-order valence-electron chi connectivity index (χ3n) is 4.92. The summed E-state index contributed by atoms with van der Waals surface area (Å²) in [6.07, 6.45) is 3.56. The number of ether oxygens (including phenoxy) is 1. The molecule has 1 fully saturated rings. The first-order chi connectivity index (χ1) is 10.9. The first-order valence-corrected chi connectivity index (χ1v) is 7.99. The number of nitro benzene ring substituents is 1. The van der Waals surface area contributed by atoms with Crippen LogP contribution in [0.3, 0.4) is 0 Å². The highest BCUT2D eigenvalue weighted by Crippen LogP contribution is 2.40. The molecule has 0 N–H and O–H groups in total. The minimum Gasteiger partial charge on any atom is -0.483 e. The minimum atomic E-state index is -0.788. The van der Waals surface area contributed by atoms with Crippen molar-refractivity contribution < 1.29 is 19.0 Å². The van der Waals surface area contributed by atoms with Crippen molar-refractivity contribution >= 4 is 24.3 Å². The summed E-state index contributed by atoms with van der Waals surface area (Å²) in [5.74, 6) is 0.495. The van der Waals surface area contributed by atoms with E-state index in [4.69, 9.17) is 14.0 Å². The van der Waals surface area contributed by atoms with E-state index in [9.17, 15) is 10.1 Å². The average Bonchev–Trinajstić information content (AvgIpc) is 2.64. The molecule has 0 bridgehead atoms. The number of fused-ring (bicyclic) bond motifs is 1. The maximum absolute atomic E-state index is 11.7. The predicted octanol–water partition coefficient (Wildman–Crippen LogP) is 3.08. The molecule has 1 saturated heterocycles. The standard InChI is InChI=1S/C17H22BNO5/c1-15(2)10-9-11-13(22-15)8-7-12(14(11)19(20)21)18-23-16(3,4)17(5,6)24-18/h7-10H,1-6H3. The van der Waals surface area contributed by atoms with E-state index in [1.54, 1.807) is 18.2 Å². The second kappa shape index (κ2) is 5.07. The van der Waals surface area contributed by atoms with Gasteiger partial charge in [-0.1, -0.05) is 6.07 Å². The van der Waals surface area contributed by atoms with E-state index in [1.807, 2.05) is 47.6 Å². The van der Waals surface area contributed by atoms with Gasteiger partial charge >= 0.3 is 7.12 Å². The van der Waals surface area contributed by atoms with Crippen LogP contribution in [0.2, 0.25) is 0 Å². The van der Waals surface area contributed by atoms with Crippen LogP contribution in [0.4, 0.5) is 5.69 Å². The summed E-state index contributed by atoms with van der Waals surface area (Å²) in [7, 11) is -0.788. The topological polar surface area (TPSA) is 70.8 Å². The molecule has 0 unspecified atom stereocenters. The van der Waals surface area contributed by atoms with Crippen LogP contribution < -0.4 is 10.2 Å². The van der Waals surface area contributed by atoms with Gasteiger partial charge in [0.2, 0.25) is 0 Å². The van der Waals surface area contributed by atoms with Crippen molar-refractivity contribution in [1.82, 2.24) is 0 Å². The molecule has 6 nitrogen and oxygen atoms in total. The molecule has 0 spiro atoms. The number of hydrogen-bond acceptors (Lipinski definition) is 5. The molecule has 2 aliphatic heterocycles. The Labute approximate surface area is 142 Å².